The minimum absolute atomic E-state index is 0.338. The van der Waals surface area contributed by atoms with E-state index in [1.54, 1.807) is 0 Å². The third-order valence-electron chi connectivity index (χ3n) is 3.88. The average molecular weight is 286 g/mol. The lowest BCUT2D eigenvalue weighted by atomic mass is 10.0. The van der Waals surface area contributed by atoms with E-state index >= 15 is 0 Å². The molecule has 1 aromatic carbocycles. The van der Waals surface area contributed by atoms with Gasteiger partial charge in [-0.25, -0.2) is 0 Å². The van der Waals surface area contributed by atoms with Gasteiger partial charge in [0.2, 0.25) is 0 Å². The Bertz CT molecular complexity index is 405. The van der Waals surface area contributed by atoms with Crippen LogP contribution >= 0.6 is 23.2 Å². The number of nitrogens with one attached hydrogen (secondary N) is 1. The molecule has 3 atom stereocenters. The first-order valence-electron chi connectivity index (χ1n) is 6.81. The Kier molecular flexibility index (Phi) is 4.94. The molecule has 1 N–H and O–H groups in total. The monoisotopic (exact) mass is 285 g/mol. The van der Waals surface area contributed by atoms with Gasteiger partial charge >= 0.3 is 0 Å². The summed E-state index contributed by atoms with van der Waals surface area (Å²) in [6.07, 6.45) is 4.94. The van der Waals surface area contributed by atoms with Gasteiger partial charge in [0.05, 0.1) is 0 Å². The van der Waals surface area contributed by atoms with Gasteiger partial charge in [-0.1, -0.05) is 43.1 Å². The molecule has 1 fully saturated rings. The summed E-state index contributed by atoms with van der Waals surface area (Å²) in [5.41, 5.74) is 1.17. The minimum atomic E-state index is 0.338. The van der Waals surface area contributed by atoms with Gasteiger partial charge in [-0.2, -0.15) is 0 Å². The van der Waals surface area contributed by atoms with Gasteiger partial charge in [-0.3, -0.25) is 0 Å². The van der Waals surface area contributed by atoms with E-state index < -0.39 is 0 Å². The second-order valence-electron chi connectivity index (χ2n) is 5.41. The fourth-order valence-corrected chi connectivity index (χ4v) is 3.39. The molecule has 3 unspecified atom stereocenters. The van der Waals surface area contributed by atoms with Crippen molar-refractivity contribution in [2.75, 3.05) is 0 Å². The largest absolute Gasteiger partial charge is 0.307 e. The van der Waals surface area contributed by atoms with E-state index in [0.717, 1.165) is 17.4 Å². The summed E-state index contributed by atoms with van der Waals surface area (Å²) in [5.74, 6) is 0.848. The van der Waals surface area contributed by atoms with Gasteiger partial charge in [-0.15, -0.1) is 0 Å². The fraction of sp³-hybridized carbons (Fsp3) is 0.600. The molecule has 2 rings (SSSR count). The van der Waals surface area contributed by atoms with Gasteiger partial charge in [0.1, 0.15) is 0 Å². The van der Waals surface area contributed by atoms with Crippen molar-refractivity contribution in [3.8, 4) is 0 Å². The average Bonchev–Trinajstić information content (AvgIpc) is 2.72. The fourth-order valence-electron chi connectivity index (χ4n) is 2.85. The van der Waals surface area contributed by atoms with Crippen molar-refractivity contribution in [2.45, 2.75) is 51.6 Å². The van der Waals surface area contributed by atoms with Crippen molar-refractivity contribution in [1.82, 2.24) is 5.32 Å². The summed E-state index contributed by atoms with van der Waals surface area (Å²) in [5, 5.41) is 5.22. The lowest BCUT2D eigenvalue weighted by Gasteiger charge is -2.23. The van der Waals surface area contributed by atoms with Crippen molar-refractivity contribution in [1.29, 1.82) is 0 Å². The van der Waals surface area contributed by atoms with E-state index in [4.69, 9.17) is 23.2 Å². The summed E-state index contributed by atoms with van der Waals surface area (Å²) in [4.78, 5) is 0. The van der Waals surface area contributed by atoms with E-state index in [1.807, 2.05) is 18.2 Å². The Morgan fingerprint density at radius 2 is 2.11 bits per heavy atom. The molecule has 3 heteroatoms. The summed E-state index contributed by atoms with van der Waals surface area (Å²) in [6.45, 7) is 4.53. The van der Waals surface area contributed by atoms with Crippen molar-refractivity contribution in [3.05, 3.63) is 33.8 Å². The van der Waals surface area contributed by atoms with Crippen LogP contribution in [0.25, 0.3) is 0 Å². The molecule has 0 bridgehead atoms. The molecule has 1 saturated carbocycles. The van der Waals surface area contributed by atoms with Crippen LogP contribution in [0.15, 0.2) is 18.2 Å². The molecule has 1 aliphatic rings. The van der Waals surface area contributed by atoms with E-state index in [9.17, 15) is 0 Å². The van der Waals surface area contributed by atoms with Gasteiger partial charge in [0.25, 0.3) is 0 Å². The van der Waals surface area contributed by atoms with E-state index in [1.165, 1.54) is 24.8 Å². The maximum absolute atomic E-state index is 6.29. The predicted molar refractivity (Wildman–Crippen MR) is 79.4 cm³/mol. The molecule has 1 aliphatic carbocycles. The first kappa shape index (κ1) is 14.2. The van der Waals surface area contributed by atoms with Crippen LogP contribution in [0.2, 0.25) is 10.0 Å². The maximum Gasteiger partial charge on any atom is 0.0468 e. The molecule has 1 aromatic rings. The first-order valence-corrected chi connectivity index (χ1v) is 7.56. The highest BCUT2D eigenvalue weighted by Crippen LogP contribution is 2.31. The van der Waals surface area contributed by atoms with Gasteiger partial charge < -0.3 is 5.32 Å². The Morgan fingerprint density at radius 1 is 1.33 bits per heavy atom. The molecule has 0 aliphatic heterocycles. The summed E-state index contributed by atoms with van der Waals surface area (Å²) in [7, 11) is 0. The quantitative estimate of drug-likeness (QED) is 0.799. The van der Waals surface area contributed by atoms with Gasteiger partial charge in [-0.05, 0) is 49.3 Å². The topological polar surface area (TPSA) is 12.0 Å². The number of hydrogen-bond acceptors (Lipinski definition) is 1. The van der Waals surface area contributed by atoms with Crippen molar-refractivity contribution >= 4 is 23.2 Å². The van der Waals surface area contributed by atoms with Crippen molar-refractivity contribution < 1.29 is 0 Å². The van der Waals surface area contributed by atoms with Crippen LogP contribution in [0.4, 0.5) is 0 Å². The molecule has 0 radical (unpaired) electrons. The highest BCUT2D eigenvalue weighted by atomic mass is 35.5. The third kappa shape index (κ3) is 3.40. The normalized spacial score (nSPS) is 25.3. The Labute approximate surface area is 120 Å². The highest BCUT2D eigenvalue weighted by molar-refractivity contribution is 6.35. The SMILES string of the molecule is CCC(NC1CCC(C)C1)c1ccc(Cl)cc1Cl. The number of hydrogen-bond donors (Lipinski definition) is 1. The molecule has 0 heterocycles. The first-order chi connectivity index (χ1) is 8.60. The number of halogens is 2. The Morgan fingerprint density at radius 3 is 2.67 bits per heavy atom. The van der Waals surface area contributed by atoms with Gasteiger partial charge in [0.15, 0.2) is 0 Å². The van der Waals surface area contributed by atoms with E-state index in [2.05, 4.69) is 19.2 Å². The smallest absolute Gasteiger partial charge is 0.0468 e. The van der Waals surface area contributed by atoms with Crippen LogP contribution in [-0.4, -0.2) is 6.04 Å². The van der Waals surface area contributed by atoms with Crippen LogP contribution in [0, 0.1) is 5.92 Å². The van der Waals surface area contributed by atoms with Crippen LogP contribution in [0.5, 0.6) is 0 Å². The molecule has 0 amide bonds. The standard InChI is InChI=1S/C15H21Cl2N/c1-3-15(18-12-6-4-10(2)8-12)13-7-5-11(16)9-14(13)17/h5,7,9-10,12,15,18H,3-4,6,8H2,1-2H3. The van der Waals surface area contributed by atoms with Crippen LogP contribution in [-0.2, 0) is 0 Å². The van der Waals surface area contributed by atoms with Crippen LogP contribution in [0.3, 0.4) is 0 Å². The molecular formula is C15H21Cl2N. The second kappa shape index (κ2) is 6.27. The van der Waals surface area contributed by atoms with E-state index in [0.29, 0.717) is 17.1 Å². The number of benzene rings is 1. The summed E-state index contributed by atoms with van der Waals surface area (Å²) >= 11 is 12.2. The lowest BCUT2D eigenvalue weighted by molar-refractivity contribution is 0.421. The zero-order chi connectivity index (χ0) is 13.1. The third-order valence-corrected chi connectivity index (χ3v) is 4.44. The summed E-state index contributed by atoms with van der Waals surface area (Å²) in [6, 6.07) is 6.77. The predicted octanol–water partition coefficient (Wildman–Crippen LogP) is 5.22. The molecule has 0 spiro atoms. The highest BCUT2D eigenvalue weighted by Gasteiger charge is 2.24. The zero-order valence-corrected chi connectivity index (χ0v) is 12.6. The molecular weight excluding hydrogens is 265 g/mol. The van der Waals surface area contributed by atoms with Crippen molar-refractivity contribution in [2.24, 2.45) is 5.92 Å². The van der Waals surface area contributed by atoms with E-state index in [-0.39, 0.29) is 0 Å². The zero-order valence-electron chi connectivity index (χ0n) is 11.0. The lowest BCUT2D eigenvalue weighted by Crippen LogP contribution is -2.30. The molecule has 0 aromatic heterocycles. The Balaban J connectivity index is 2.08. The molecule has 1 nitrogen and oxygen atoms in total. The maximum atomic E-state index is 6.29. The molecule has 0 saturated heterocycles. The summed E-state index contributed by atoms with van der Waals surface area (Å²) < 4.78 is 0. The molecule has 100 valence electrons. The number of rotatable bonds is 4. The molecule has 18 heavy (non-hydrogen) atoms. The Hall–Kier alpha value is -0.240. The van der Waals surface area contributed by atoms with Crippen LogP contribution < -0.4 is 5.32 Å². The minimum Gasteiger partial charge on any atom is -0.307 e. The second-order valence-corrected chi connectivity index (χ2v) is 6.25. The van der Waals surface area contributed by atoms with Gasteiger partial charge in [0, 0.05) is 22.1 Å². The van der Waals surface area contributed by atoms with Crippen molar-refractivity contribution in [3.63, 3.8) is 0 Å². The van der Waals surface area contributed by atoms with Crippen LogP contribution in [0.1, 0.15) is 51.1 Å².